The molecule has 0 spiro atoms. The normalized spacial score (nSPS) is 28.9. The van der Waals surface area contributed by atoms with Gasteiger partial charge in [-0.15, -0.1) is 0 Å². The average molecular weight is 304 g/mol. The van der Waals surface area contributed by atoms with Crippen LogP contribution in [0.4, 0.5) is 0 Å². The maximum atomic E-state index is 12.8. The average Bonchev–Trinajstić information content (AvgIpc) is 2.89. The summed E-state index contributed by atoms with van der Waals surface area (Å²) in [4.78, 5) is 11.3. The molecule has 0 saturated carbocycles. The number of piperidine rings is 1. The third-order valence-corrected chi connectivity index (χ3v) is 6.24. The molecule has 20 heavy (non-hydrogen) atoms. The molecule has 2 unspecified atom stereocenters. The molecule has 8 heteroatoms. The third-order valence-electron chi connectivity index (χ3n) is 4.09. The van der Waals surface area contributed by atoms with E-state index in [0.29, 0.717) is 19.5 Å². The number of hydrogen-bond donors (Lipinski definition) is 2. The van der Waals surface area contributed by atoms with Crippen LogP contribution >= 0.6 is 0 Å². The molecule has 2 rings (SSSR count). The number of hydrogen-bond acceptors (Lipinski definition) is 4. The lowest BCUT2D eigenvalue weighted by atomic mass is 10.1. The molecule has 2 atom stereocenters. The molecule has 0 radical (unpaired) electrons. The number of nitrogens with zero attached hydrogens (tertiary/aromatic N) is 2. The van der Waals surface area contributed by atoms with Crippen molar-refractivity contribution in [2.75, 3.05) is 26.2 Å². The molecular formula is C12H24N4O3S. The standard InChI is InChI=1S/C12H24N4O3S/c1-10-4-2-3-7-15(10)20(18,19)16(9-12(13)17)11-5-6-14-8-11/h10-11,14H,2-9H2,1H3,(H2,13,17). The molecule has 0 aromatic rings. The quantitative estimate of drug-likeness (QED) is 0.699. The van der Waals surface area contributed by atoms with Crippen LogP contribution in [0.5, 0.6) is 0 Å². The Balaban J connectivity index is 2.22. The number of nitrogens with one attached hydrogen (secondary N) is 1. The first kappa shape index (κ1) is 15.7. The minimum absolute atomic E-state index is 0.0153. The van der Waals surface area contributed by atoms with Crippen molar-refractivity contribution in [1.82, 2.24) is 13.9 Å². The minimum atomic E-state index is -3.63. The van der Waals surface area contributed by atoms with E-state index in [9.17, 15) is 13.2 Å². The highest BCUT2D eigenvalue weighted by molar-refractivity contribution is 7.86. The molecule has 3 N–H and O–H groups in total. The zero-order valence-electron chi connectivity index (χ0n) is 11.9. The fraction of sp³-hybridized carbons (Fsp3) is 0.917. The van der Waals surface area contributed by atoms with Crippen LogP contribution < -0.4 is 11.1 Å². The maximum Gasteiger partial charge on any atom is 0.282 e. The van der Waals surface area contributed by atoms with Gasteiger partial charge in [0.05, 0.1) is 6.54 Å². The summed E-state index contributed by atoms with van der Waals surface area (Å²) in [6.07, 6.45) is 3.51. The third kappa shape index (κ3) is 3.30. The molecule has 1 amide bonds. The van der Waals surface area contributed by atoms with E-state index in [-0.39, 0.29) is 18.6 Å². The maximum absolute atomic E-state index is 12.8. The number of primary amides is 1. The second kappa shape index (κ2) is 6.38. The number of amides is 1. The second-order valence-electron chi connectivity index (χ2n) is 5.62. The summed E-state index contributed by atoms with van der Waals surface area (Å²) in [7, 11) is -3.63. The highest BCUT2D eigenvalue weighted by Crippen LogP contribution is 2.24. The van der Waals surface area contributed by atoms with E-state index in [2.05, 4.69) is 5.32 Å². The Morgan fingerprint density at radius 3 is 2.70 bits per heavy atom. The number of carbonyl (C=O) groups is 1. The summed E-state index contributed by atoms with van der Waals surface area (Å²) in [5, 5.41) is 3.14. The minimum Gasteiger partial charge on any atom is -0.369 e. The van der Waals surface area contributed by atoms with Crippen molar-refractivity contribution in [1.29, 1.82) is 0 Å². The van der Waals surface area contributed by atoms with Crippen LogP contribution in [-0.2, 0) is 15.0 Å². The lowest BCUT2D eigenvalue weighted by Gasteiger charge is -2.37. The van der Waals surface area contributed by atoms with Crippen LogP contribution in [0.2, 0.25) is 0 Å². The molecule has 2 fully saturated rings. The highest BCUT2D eigenvalue weighted by Gasteiger charge is 2.39. The summed E-state index contributed by atoms with van der Waals surface area (Å²) in [5.74, 6) is -0.606. The molecule has 0 aliphatic carbocycles. The number of nitrogens with two attached hydrogens (primary N) is 1. The van der Waals surface area contributed by atoms with Crippen LogP contribution in [0.1, 0.15) is 32.6 Å². The Morgan fingerprint density at radius 1 is 1.40 bits per heavy atom. The van der Waals surface area contributed by atoms with Crippen molar-refractivity contribution >= 4 is 16.1 Å². The van der Waals surface area contributed by atoms with Gasteiger partial charge in [0.1, 0.15) is 0 Å². The van der Waals surface area contributed by atoms with Crippen LogP contribution in [0.25, 0.3) is 0 Å². The van der Waals surface area contributed by atoms with Crippen molar-refractivity contribution in [3.05, 3.63) is 0 Å². The van der Waals surface area contributed by atoms with Gasteiger partial charge >= 0.3 is 0 Å². The van der Waals surface area contributed by atoms with E-state index in [1.807, 2.05) is 6.92 Å². The van der Waals surface area contributed by atoms with Gasteiger partial charge in [0.2, 0.25) is 5.91 Å². The van der Waals surface area contributed by atoms with Gasteiger partial charge in [-0.2, -0.15) is 17.0 Å². The molecular weight excluding hydrogens is 280 g/mol. The smallest absolute Gasteiger partial charge is 0.282 e. The molecule has 2 aliphatic heterocycles. The van der Waals surface area contributed by atoms with Gasteiger partial charge in [0, 0.05) is 25.2 Å². The monoisotopic (exact) mass is 304 g/mol. The Morgan fingerprint density at radius 2 is 2.15 bits per heavy atom. The molecule has 116 valence electrons. The molecule has 0 aromatic carbocycles. The SMILES string of the molecule is CC1CCCCN1S(=O)(=O)N(CC(N)=O)C1CCNC1. The molecule has 0 bridgehead atoms. The van der Waals surface area contributed by atoms with Gasteiger partial charge in [-0.1, -0.05) is 6.42 Å². The summed E-state index contributed by atoms with van der Waals surface area (Å²) in [6.45, 7) is 3.56. The molecule has 0 aromatic heterocycles. The van der Waals surface area contributed by atoms with Crippen molar-refractivity contribution < 1.29 is 13.2 Å². The van der Waals surface area contributed by atoms with E-state index < -0.39 is 16.1 Å². The van der Waals surface area contributed by atoms with Crippen LogP contribution in [-0.4, -0.2) is 61.2 Å². The summed E-state index contributed by atoms with van der Waals surface area (Å²) >= 11 is 0. The molecule has 2 saturated heterocycles. The van der Waals surface area contributed by atoms with Crippen LogP contribution in [0, 0.1) is 0 Å². The molecule has 2 aliphatic rings. The van der Waals surface area contributed by atoms with Gasteiger partial charge in [-0.3, -0.25) is 4.79 Å². The Hall–Kier alpha value is -0.700. The van der Waals surface area contributed by atoms with E-state index in [0.717, 1.165) is 25.8 Å². The summed E-state index contributed by atoms with van der Waals surface area (Å²) in [6, 6.07) is -0.194. The van der Waals surface area contributed by atoms with Gasteiger partial charge in [-0.25, -0.2) is 0 Å². The topological polar surface area (TPSA) is 95.7 Å². The fourth-order valence-electron chi connectivity index (χ4n) is 2.99. The Kier molecular flexibility index (Phi) is 5.00. The number of rotatable bonds is 5. The van der Waals surface area contributed by atoms with Gasteiger partial charge < -0.3 is 11.1 Å². The Labute approximate surface area is 120 Å². The van der Waals surface area contributed by atoms with Crippen molar-refractivity contribution in [3.8, 4) is 0 Å². The van der Waals surface area contributed by atoms with E-state index >= 15 is 0 Å². The first-order chi connectivity index (χ1) is 9.43. The lowest BCUT2D eigenvalue weighted by molar-refractivity contribution is -0.118. The second-order valence-corrected chi connectivity index (χ2v) is 7.46. The zero-order chi connectivity index (χ0) is 14.8. The van der Waals surface area contributed by atoms with Crippen LogP contribution in [0.3, 0.4) is 0 Å². The first-order valence-corrected chi connectivity index (χ1v) is 8.60. The first-order valence-electron chi connectivity index (χ1n) is 7.20. The van der Waals surface area contributed by atoms with E-state index in [1.165, 1.54) is 8.61 Å². The zero-order valence-corrected chi connectivity index (χ0v) is 12.7. The predicted octanol–water partition coefficient (Wildman–Crippen LogP) is -0.745. The van der Waals surface area contributed by atoms with Crippen molar-refractivity contribution in [2.24, 2.45) is 5.73 Å². The molecule has 7 nitrogen and oxygen atoms in total. The highest BCUT2D eigenvalue weighted by atomic mass is 32.2. The fourth-order valence-corrected chi connectivity index (χ4v) is 5.02. The van der Waals surface area contributed by atoms with E-state index in [1.54, 1.807) is 0 Å². The molecule has 2 heterocycles. The number of carbonyl (C=O) groups excluding carboxylic acids is 1. The summed E-state index contributed by atoms with van der Waals surface area (Å²) in [5.41, 5.74) is 5.24. The van der Waals surface area contributed by atoms with Gasteiger partial charge in [0.15, 0.2) is 0 Å². The predicted molar refractivity (Wildman–Crippen MR) is 76.1 cm³/mol. The van der Waals surface area contributed by atoms with Gasteiger partial charge in [-0.05, 0) is 32.7 Å². The van der Waals surface area contributed by atoms with E-state index in [4.69, 9.17) is 5.73 Å². The summed E-state index contributed by atoms with van der Waals surface area (Å²) < 4.78 is 28.5. The van der Waals surface area contributed by atoms with Crippen molar-refractivity contribution in [3.63, 3.8) is 0 Å². The lowest BCUT2D eigenvalue weighted by Crippen LogP contribution is -2.55. The van der Waals surface area contributed by atoms with Crippen molar-refractivity contribution in [2.45, 2.75) is 44.7 Å². The van der Waals surface area contributed by atoms with Gasteiger partial charge in [0.25, 0.3) is 10.2 Å². The Bertz CT molecular complexity index is 448. The van der Waals surface area contributed by atoms with Crippen LogP contribution in [0.15, 0.2) is 0 Å². The largest absolute Gasteiger partial charge is 0.369 e.